The number of nitrogens with zero attached hydrogens (tertiary/aromatic N) is 1. The molecule has 3 aromatic rings. The van der Waals surface area contributed by atoms with Gasteiger partial charge in [0.15, 0.2) is 5.78 Å². The molecule has 1 N–H and O–H groups in total. The molecule has 2 aromatic carbocycles. The summed E-state index contributed by atoms with van der Waals surface area (Å²) in [5.74, 6) is -0.270. The topological polar surface area (TPSA) is 73.7 Å². The monoisotopic (exact) mass is 366 g/mol. The summed E-state index contributed by atoms with van der Waals surface area (Å²) in [6.45, 7) is 0. The summed E-state index contributed by atoms with van der Waals surface area (Å²) < 4.78 is 0.928. The number of halogens is 1. The number of carbonyl (C=O) groups excluding carboxylic acids is 1. The number of aromatic nitrogens is 1. The molecule has 0 fully saturated rings. The standard InChI is InChI=1S/C19H11ClN2O2S/c20-15-4-2-1-3-14(15)16(23)10-18-22-19(24)17(25-18)9-12-5-7-13(11-21)8-6-12/h1-10H,(H,22,24)/b17-9+,18-10+. The van der Waals surface area contributed by atoms with Crippen molar-refractivity contribution in [3.05, 3.63) is 89.8 Å². The Hall–Kier alpha value is -2.94. The number of carbonyl (C=O) groups is 1. The molecule has 4 nitrogen and oxygen atoms in total. The lowest BCUT2D eigenvalue weighted by molar-refractivity contribution is 0.106. The van der Waals surface area contributed by atoms with Gasteiger partial charge in [-0.25, -0.2) is 0 Å². The van der Waals surface area contributed by atoms with E-state index in [1.54, 1.807) is 54.6 Å². The average molecular weight is 367 g/mol. The Morgan fingerprint density at radius 2 is 1.88 bits per heavy atom. The number of ketones is 1. The highest BCUT2D eigenvalue weighted by atomic mass is 35.5. The van der Waals surface area contributed by atoms with Crippen molar-refractivity contribution in [2.45, 2.75) is 0 Å². The first kappa shape index (κ1) is 16.9. The molecular weight excluding hydrogens is 356 g/mol. The number of rotatable bonds is 3. The number of hydrogen-bond donors (Lipinski definition) is 1. The van der Waals surface area contributed by atoms with Crippen LogP contribution >= 0.6 is 22.9 Å². The van der Waals surface area contributed by atoms with Gasteiger partial charge in [0.25, 0.3) is 5.56 Å². The maximum Gasteiger partial charge on any atom is 0.266 e. The molecule has 1 aromatic heterocycles. The Labute approximate surface area is 152 Å². The number of benzene rings is 2. The Kier molecular flexibility index (Phi) is 4.94. The van der Waals surface area contributed by atoms with Gasteiger partial charge in [-0.3, -0.25) is 9.59 Å². The maximum absolute atomic E-state index is 12.3. The smallest absolute Gasteiger partial charge is 0.266 e. The molecule has 25 heavy (non-hydrogen) atoms. The zero-order valence-corrected chi connectivity index (χ0v) is 14.4. The van der Waals surface area contributed by atoms with Gasteiger partial charge in [0.05, 0.1) is 25.9 Å². The Morgan fingerprint density at radius 3 is 2.56 bits per heavy atom. The van der Waals surface area contributed by atoms with Crippen LogP contribution in [0.4, 0.5) is 0 Å². The van der Waals surface area contributed by atoms with Crippen LogP contribution in [0.15, 0.2) is 53.3 Å². The predicted molar refractivity (Wildman–Crippen MR) is 99.2 cm³/mol. The zero-order valence-electron chi connectivity index (χ0n) is 12.8. The van der Waals surface area contributed by atoms with Crippen molar-refractivity contribution in [1.82, 2.24) is 4.98 Å². The van der Waals surface area contributed by atoms with Crippen LogP contribution in [-0.4, -0.2) is 10.8 Å². The van der Waals surface area contributed by atoms with Crippen molar-refractivity contribution in [3.8, 4) is 6.07 Å². The zero-order chi connectivity index (χ0) is 17.8. The summed E-state index contributed by atoms with van der Waals surface area (Å²) in [5, 5.41) is 9.17. The van der Waals surface area contributed by atoms with Gasteiger partial charge < -0.3 is 4.98 Å². The van der Waals surface area contributed by atoms with Gasteiger partial charge >= 0.3 is 0 Å². The van der Waals surface area contributed by atoms with E-state index >= 15 is 0 Å². The van der Waals surface area contributed by atoms with E-state index in [2.05, 4.69) is 4.98 Å². The molecule has 3 rings (SSSR count). The number of hydrogen-bond acceptors (Lipinski definition) is 4. The lowest BCUT2D eigenvalue weighted by atomic mass is 10.1. The van der Waals surface area contributed by atoms with Gasteiger partial charge in [-0.2, -0.15) is 5.26 Å². The second-order valence-corrected chi connectivity index (χ2v) is 6.64. The highest BCUT2D eigenvalue weighted by molar-refractivity contribution is 7.07. The van der Waals surface area contributed by atoms with Crippen LogP contribution in [0.25, 0.3) is 12.2 Å². The molecule has 0 aliphatic rings. The fourth-order valence-electron chi connectivity index (χ4n) is 2.19. The van der Waals surface area contributed by atoms with Crippen molar-refractivity contribution in [3.63, 3.8) is 0 Å². The Morgan fingerprint density at radius 1 is 1.16 bits per heavy atom. The van der Waals surface area contributed by atoms with Gasteiger partial charge in [-0.05, 0) is 35.9 Å². The number of aromatic amines is 1. The molecule has 122 valence electrons. The average Bonchev–Trinajstić information content (AvgIpc) is 2.95. The van der Waals surface area contributed by atoms with Crippen molar-refractivity contribution >= 4 is 40.9 Å². The van der Waals surface area contributed by atoms with Crippen molar-refractivity contribution < 1.29 is 4.79 Å². The first-order valence-electron chi connectivity index (χ1n) is 7.28. The minimum atomic E-state index is -0.271. The highest BCUT2D eigenvalue weighted by Gasteiger charge is 2.07. The van der Waals surface area contributed by atoms with E-state index in [0.717, 1.165) is 5.56 Å². The molecule has 0 saturated carbocycles. The highest BCUT2D eigenvalue weighted by Crippen LogP contribution is 2.15. The maximum atomic E-state index is 12.3. The molecule has 1 heterocycles. The van der Waals surface area contributed by atoms with E-state index in [-0.39, 0.29) is 11.3 Å². The van der Waals surface area contributed by atoms with Crippen molar-refractivity contribution in [2.75, 3.05) is 0 Å². The molecule has 0 spiro atoms. The molecule has 0 bridgehead atoms. The van der Waals surface area contributed by atoms with Crippen LogP contribution in [0.5, 0.6) is 0 Å². The molecule has 0 aliphatic carbocycles. The quantitative estimate of drug-likeness (QED) is 0.723. The lowest BCUT2D eigenvalue weighted by Gasteiger charge is -1.97. The predicted octanol–water partition coefficient (Wildman–Crippen LogP) is 2.45. The Bertz CT molecular complexity index is 1150. The van der Waals surface area contributed by atoms with Gasteiger partial charge in [0.2, 0.25) is 0 Å². The summed E-state index contributed by atoms with van der Waals surface area (Å²) in [7, 11) is 0. The minimum Gasteiger partial charge on any atom is -0.313 e. The van der Waals surface area contributed by atoms with Crippen LogP contribution in [-0.2, 0) is 0 Å². The third-order valence-corrected chi connectivity index (χ3v) is 4.71. The Balaban J connectivity index is 1.98. The van der Waals surface area contributed by atoms with E-state index < -0.39 is 0 Å². The van der Waals surface area contributed by atoms with Crippen LogP contribution < -0.4 is 14.8 Å². The molecule has 0 saturated heterocycles. The van der Waals surface area contributed by atoms with E-state index in [1.807, 2.05) is 6.07 Å². The van der Waals surface area contributed by atoms with E-state index in [1.165, 1.54) is 17.4 Å². The molecule has 0 atom stereocenters. The minimum absolute atomic E-state index is 0.270. The molecule has 0 unspecified atom stereocenters. The van der Waals surface area contributed by atoms with Gasteiger partial charge in [0.1, 0.15) is 0 Å². The molecule has 6 heteroatoms. The second kappa shape index (κ2) is 7.31. The number of thiazole rings is 1. The van der Waals surface area contributed by atoms with Crippen LogP contribution in [0.1, 0.15) is 21.5 Å². The van der Waals surface area contributed by atoms with Crippen LogP contribution in [0, 0.1) is 11.3 Å². The second-order valence-electron chi connectivity index (χ2n) is 5.15. The molecule has 0 aliphatic heterocycles. The van der Waals surface area contributed by atoms with Gasteiger partial charge in [0, 0.05) is 11.6 Å². The summed E-state index contributed by atoms with van der Waals surface area (Å²) in [6.07, 6.45) is 3.07. The molecule has 0 radical (unpaired) electrons. The van der Waals surface area contributed by atoms with E-state index in [9.17, 15) is 9.59 Å². The van der Waals surface area contributed by atoms with Crippen molar-refractivity contribution in [2.24, 2.45) is 0 Å². The van der Waals surface area contributed by atoms with Crippen LogP contribution in [0.2, 0.25) is 5.02 Å². The molecular formula is C19H11ClN2O2S. The van der Waals surface area contributed by atoms with Crippen molar-refractivity contribution in [1.29, 1.82) is 5.26 Å². The fourth-order valence-corrected chi connectivity index (χ4v) is 3.30. The third-order valence-electron chi connectivity index (χ3n) is 3.42. The fraction of sp³-hybridized carbons (Fsp3) is 0. The summed E-state index contributed by atoms with van der Waals surface area (Å²) in [6, 6.07) is 15.7. The third kappa shape index (κ3) is 3.94. The summed E-state index contributed by atoms with van der Waals surface area (Å²) in [4.78, 5) is 27.0. The first-order valence-corrected chi connectivity index (χ1v) is 8.48. The largest absolute Gasteiger partial charge is 0.313 e. The number of nitrogens with one attached hydrogen (secondary N) is 1. The van der Waals surface area contributed by atoms with E-state index in [0.29, 0.717) is 25.3 Å². The van der Waals surface area contributed by atoms with Gasteiger partial charge in [-0.1, -0.05) is 35.9 Å². The number of nitriles is 1. The number of H-pyrrole nitrogens is 1. The van der Waals surface area contributed by atoms with E-state index in [4.69, 9.17) is 16.9 Å². The number of Topliss-reactive ketones (excluding diaryl/α,β-unsaturated/α-hetero) is 1. The summed E-state index contributed by atoms with van der Waals surface area (Å²) in [5.41, 5.74) is 1.47. The normalized spacial score (nSPS) is 12.2. The lowest BCUT2D eigenvalue weighted by Crippen LogP contribution is -2.20. The van der Waals surface area contributed by atoms with Gasteiger partial charge in [-0.15, -0.1) is 11.3 Å². The summed E-state index contributed by atoms with van der Waals surface area (Å²) >= 11 is 7.20. The first-order chi connectivity index (χ1) is 12.1. The van der Waals surface area contributed by atoms with Crippen LogP contribution in [0.3, 0.4) is 0 Å². The SMILES string of the molecule is N#Cc1ccc(/C=c2/s/c(=C/C(=O)c3ccccc3Cl)[nH]c2=O)cc1. The molecule has 0 amide bonds.